The number of alkyl halides is 3. The van der Waals surface area contributed by atoms with E-state index in [1.807, 2.05) is 0 Å². The second-order valence-corrected chi connectivity index (χ2v) is 12.7. The Balaban J connectivity index is 2.00. The molecule has 1 saturated carbocycles. The molecule has 0 spiro atoms. The quantitative estimate of drug-likeness (QED) is 0.330. The summed E-state index contributed by atoms with van der Waals surface area (Å²) in [7, 11) is -4.24. The van der Waals surface area contributed by atoms with Crippen molar-refractivity contribution < 1.29 is 31.2 Å². The van der Waals surface area contributed by atoms with Crippen LogP contribution in [0.2, 0.25) is 15.1 Å². The van der Waals surface area contributed by atoms with Gasteiger partial charge in [0, 0.05) is 12.6 Å². The van der Waals surface area contributed by atoms with Crippen LogP contribution < -0.4 is 9.62 Å². The van der Waals surface area contributed by atoms with Crippen molar-refractivity contribution in [3.63, 3.8) is 0 Å². The Morgan fingerprint density at radius 3 is 2.20 bits per heavy atom. The molecular formula is C26H29Cl3F3N3O4S. The first-order valence-corrected chi connectivity index (χ1v) is 15.5. The standard InChI is InChI=1S/C26H29Cl3F3N3O4S/c1-3-23(25(37)33-17-6-4-5-7-17)34(14-16-8-10-21(28)22(29)12-16)24(36)15-35(40(2,38)39)18-9-11-20(27)19(13-18)26(30,31)32/h8-13,17,23H,3-7,14-15H2,1-2H3,(H,33,37). The fourth-order valence-corrected chi connectivity index (χ4v) is 6.01. The molecule has 2 aromatic rings. The average molecular weight is 643 g/mol. The Morgan fingerprint density at radius 1 is 1.02 bits per heavy atom. The number of benzene rings is 2. The largest absolute Gasteiger partial charge is 0.417 e. The van der Waals surface area contributed by atoms with E-state index in [1.165, 1.54) is 17.0 Å². The van der Waals surface area contributed by atoms with Crippen molar-refractivity contribution in [2.24, 2.45) is 0 Å². The summed E-state index contributed by atoms with van der Waals surface area (Å²) in [5.74, 6) is -1.20. The normalized spacial score (nSPS) is 15.1. The van der Waals surface area contributed by atoms with Crippen LogP contribution in [0.1, 0.15) is 50.2 Å². The molecule has 1 N–H and O–H groups in total. The Kier molecular flexibility index (Phi) is 10.6. The van der Waals surface area contributed by atoms with Gasteiger partial charge in [0.2, 0.25) is 21.8 Å². The van der Waals surface area contributed by atoms with E-state index < -0.39 is 56.9 Å². The Bertz CT molecular complexity index is 1350. The number of halogens is 6. The van der Waals surface area contributed by atoms with Crippen molar-refractivity contribution in [1.82, 2.24) is 10.2 Å². The van der Waals surface area contributed by atoms with E-state index in [0.29, 0.717) is 15.9 Å². The number of hydrogen-bond acceptors (Lipinski definition) is 4. The van der Waals surface area contributed by atoms with Gasteiger partial charge in [-0.3, -0.25) is 13.9 Å². The SMILES string of the molecule is CCC(C(=O)NC1CCCC1)N(Cc1ccc(Cl)c(Cl)c1)C(=O)CN(c1ccc(Cl)c(C(F)(F)F)c1)S(C)(=O)=O. The summed E-state index contributed by atoms with van der Waals surface area (Å²) < 4.78 is 66.5. The number of rotatable bonds is 10. The van der Waals surface area contributed by atoms with E-state index in [-0.39, 0.29) is 29.1 Å². The number of anilines is 1. The zero-order valence-corrected chi connectivity index (χ0v) is 24.9. The van der Waals surface area contributed by atoms with Crippen molar-refractivity contribution >= 4 is 62.3 Å². The van der Waals surface area contributed by atoms with E-state index in [1.54, 1.807) is 13.0 Å². The van der Waals surface area contributed by atoms with Gasteiger partial charge in [-0.15, -0.1) is 0 Å². The van der Waals surface area contributed by atoms with Crippen molar-refractivity contribution in [2.75, 3.05) is 17.1 Å². The van der Waals surface area contributed by atoms with Crippen molar-refractivity contribution in [2.45, 2.75) is 63.8 Å². The molecule has 3 rings (SSSR count). The summed E-state index contributed by atoms with van der Waals surface area (Å²) in [5, 5.41) is 2.84. The Hall–Kier alpha value is -2.21. The second-order valence-electron chi connectivity index (χ2n) is 9.62. The van der Waals surface area contributed by atoms with Gasteiger partial charge in [-0.2, -0.15) is 13.2 Å². The maximum absolute atomic E-state index is 13.8. The van der Waals surface area contributed by atoms with Crippen LogP contribution >= 0.6 is 34.8 Å². The van der Waals surface area contributed by atoms with Gasteiger partial charge in [-0.1, -0.05) is 60.6 Å². The lowest BCUT2D eigenvalue weighted by molar-refractivity contribution is -0.140. The number of hydrogen-bond donors (Lipinski definition) is 1. The minimum absolute atomic E-state index is 0.0362. The Labute approximate surface area is 246 Å². The van der Waals surface area contributed by atoms with Gasteiger partial charge in [0.15, 0.2) is 0 Å². The van der Waals surface area contributed by atoms with Crippen molar-refractivity contribution in [1.29, 1.82) is 0 Å². The van der Waals surface area contributed by atoms with E-state index in [2.05, 4.69) is 5.32 Å². The zero-order valence-electron chi connectivity index (χ0n) is 21.8. The summed E-state index contributed by atoms with van der Waals surface area (Å²) in [6.07, 6.45) is -0.327. The first-order valence-electron chi connectivity index (χ1n) is 12.5. The zero-order chi connectivity index (χ0) is 29.8. The third-order valence-corrected chi connectivity index (χ3v) is 8.86. The summed E-state index contributed by atoms with van der Waals surface area (Å²) in [5.41, 5.74) is -1.13. The first-order chi connectivity index (χ1) is 18.6. The molecule has 1 fully saturated rings. The molecule has 220 valence electrons. The molecule has 0 heterocycles. The van der Waals surface area contributed by atoms with Crippen LogP contribution in [0.3, 0.4) is 0 Å². The maximum Gasteiger partial charge on any atom is 0.417 e. The molecule has 1 aliphatic carbocycles. The molecule has 1 atom stereocenters. The summed E-state index contributed by atoms with van der Waals surface area (Å²) in [6.45, 7) is 0.724. The van der Waals surface area contributed by atoms with Gasteiger partial charge in [-0.05, 0) is 55.2 Å². The number of nitrogens with one attached hydrogen (secondary N) is 1. The fourth-order valence-electron chi connectivity index (χ4n) is 4.62. The minimum atomic E-state index is -4.86. The number of carbonyl (C=O) groups is 2. The predicted octanol–water partition coefficient (Wildman–Crippen LogP) is 6.30. The molecule has 40 heavy (non-hydrogen) atoms. The summed E-state index contributed by atoms with van der Waals surface area (Å²) >= 11 is 17.9. The molecule has 0 saturated heterocycles. The molecule has 7 nitrogen and oxygen atoms in total. The van der Waals surface area contributed by atoms with Crippen LogP contribution in [0.15, 0.2) is 36.4 Å². The van der Waals surface area contributed by atoms with E-state index in [4.69, 9.17) is 34.8 Å². The van der Waals surface area contributed by atoms with Gasteiger partial charge >= 0.3 is 6.18 Å². The predicted molar refractivity (Wildman–Crippen MR) is 150 cm³/mol. The summed E-state index contributed by atoms with van der Waals surface area (Å²) in [4.78, 5) is 28.3. The molecule has 1 aliphatic rings. The molecule has 0 aromatic heterocycles. The third-order valence-electron chi connectivity index (χ3n) is 6.65. The fraction of sp³-hybridized carbons (Fsp3) is 0.462. The lowest BCUT2D eigenvalue weighted by Crippen LogP contribution is -2.53. The van der Waals surface area contributed by atoms with Crippen molar-refractivity contribution in [3.05, 3.63) is 62.6 Å². The van der Waals surface area contributed by atoms with Crippen LogP contribution in [-0.2, 0) is 32.3 Å². The van der Waals surface area contributed by atoms with Gasteiger partial charge in [0.25, 0.3) is 0 Å². The molecule has 2 amide bonds. The molecule has 0 radical (unpaired) electrons. The monoisotopic (exact) mass is 641 g/mol. The molecular weight excluding hydrogens is 614 g/mol. The molecule has 0 aliphatic heterocycles. The lowest BCUT2D eigenvalue weighted by Gasteiger charge is -2.33. The number of carbonyl (C=O) groups excluding carboxylic acids is 2. The topological polar surface area (TPSA) is 86.8 Å². The van der Waals surface area contributed by atoms with Gasteiger partial charge < -0.3 is 10.2 Å². The van der Waals surface area contributed by atoms with Crippen LogP contribution in [0.5, 0.6) is 0 Å². The van der Waals surface area contributed by atoms with Crippen molar-refractivity contribution in [3.8, 4) is 0 Å². The van der Waals surface area contributed by atoms with Gasteiger partial charge in [0.05, 0.1) is 32.6 Å². The minimum Gasteiger partial charge on any atom is -0.352 e. The average Bonchev–Trinajstić information content (AvgIpc) is 3.36. The highest BCUT2D eigenvalue weighted by molar-refractivity contribution is 7.92. The van der Waals surface area contributed by atoms with Gasteiger partial charge in [0.1, 0.15) is 12.6 Å². The number of amides is 2. The second kappa shape index (κ2) is 13.2. The number of sulfonamides is 1. The van der Waals surface area contributed by atoms with Crippen LogP contribution in [0.25, 0.3) is 0 Å². The van der Waals surface area contributed by atoms with Crippen LogP contribution in [0, 0.1) is 0 Å². The summed E-state index contributed by atoms with van der Waals surface area (Å²) in [6, 6.07) is 6.21. The number of nitrogens with zero attached hydrogens (tertiary/aromatic N) is 2. The van der Waals surface area contributed by atoms with E-state index in [0.717, 1.165) is 44.1 Å². The highest BCUT2D eigenvalue weighted by atomic mass is 35.5. The van der Waals surface area contributed by atoms with Crippen LogP contribution in [0.4, 0.5) is 18.9 Å². The van der Waals surface area contributed by atoms with E-state index in [9.17, 15) is 31.2 Å². The molecule has 2 aromatic carbocycles. The molecule has 1 unspecified atom stereocenters. The highest BCUT2D eigenvalue weighted by Crippen LogP contribution is 2.37. The van der Waals surface area contributed by atoms with Crippen LogP contribution in [-0.4, -0.2) is 50.0 Å². The first kappa shape index (κ1) is 32.3. The lowest BCUT2D eigenvalue weighted by atomic mass is 10.1. The smallest absolute Gasteiger partial charge is 0.352 e. The third kappa shape index (κ3) is 8.18. The van der Waals surface area contributed by atoms with E-state index >= 15 is 0 Å². The highest BCUT2D eigenvalue weighted by Gasteiger charge is 2.36. The molecule has 14 heteroatoms. The maximum atomic E-state index is 13.8. The molecule has 0 bridgehead atoms. The Morgan fingerprint density at radius 2 is 1.65 bits per heavy atom. The van der Waals surface area contributed by atoms with Gasteiger partial charge in [-0.25, -0.2) is 8.42 Å².